The van der Waals surface area contributed by atoms with Crippen molar-refractivity contribution in [1.29, 1.82) is 5.26 Å². The predicted octanol–water partition coefficient (Wildman–Crippen LogP) is 0.460. The van der Waals surface area contributed by atoms with Crippen molar-refractivity contribution in [2.75, 3.05) is 20.2 Å². The molecule has 8 nitrogen and oxygen atoms in total. The van der Waals surface area contributed by atoms with Crippen molar-refractivity contribution in [2.45, 2.75) is 43.9 Å². The molecule has 0 unspecified atom stereocenters. The Morgan fingerprint density at radius 3 is 2.67 bits per heavy atom. The molecule has 144 valence electrons. The Morgan fingerprint density at radius 1 is 1.33 bits per heavy atom. The van der Waals surface area contributed by atoms with Gasteiger partial charge in [-0.2, -0.15) is 5.26 Å². The summed E-state index contributed by atoms with van der Waals surface area (Å²) in [6.07, 6.45) is 3.19. The number of carbonyl (C=O) groups excluding carboxylic acids is 2. The molecular weight excluding hydrogens is 348 g/mol. The molecule has 1 aromatic heterocycles. The van der Waals surface area contributed by atoms with E-state index in [-0.39, 0.29) is 29.5 Å². The van der Waals surface area contributed by atoms with Crippen molar-refractivity contribution in [2.24, 2.45) is 5.92 Å². The summed E-state index contributed by atoms with van der Waals surface area (Å²) in [6, 6.07) is 4.41. The Morgan fingerprint density at radius 2 is 2.07 bits per heavy atom. The average Bonchev–Trinajstić information content (AvgIpc) is 3.07. The molecule has 2 amide bonds. The third-order valence-electron chi connectivity index (χ3n) is 5.42. The lowest BCUT2D eigenvalue weighted by molar-refractivity contribution is -0.137. The number of hydrogen-bond acceptors (Lipinski definition) is 6. The summed E-state index contributed by atoms with van der Waals surface area (Å²) >= 11 is 0. The van der Waals surface area contributed by atoms with E-state index in [9.17, 15) is 14.7 Å². The monoisotopic (exact) mass is 372 g/mol. The lowest BCUT2D eigenvalue weighted by Crippen LogP contribution is -2.43. The number of methoxy groups -OCH3 is 1. The van der Waals surface area contributed by atoms with E-state index in [1.165, 1.54) is 18.3 Å². The second kappa shape index (κ2) is 8.46. The van der Waals surface area contributed by atoms with Gasteiger partial charge in [0.05, 0.1) is 23.8 Å². The van der Waals surface area contributed by atoms with Gasteiger partial charge >= 0.3 is 0 Å². The fourth-order valence-corrected chi connectivity index (χ4v) is 3.79. The van der Waals surface area contributed by atoms with Gasteiger partial charge in [-0.1, -0.05) is 0 Å². The SMILES string of the molecule is COC1CCN(C(=O)[C@H]2C[C@H](NC(=O)c3ccc(C#N)nc3)[C@@H](O)C2)CC1. The number of rotatable bonds is 4. The number of amides is 2. The number of nitrogens with zero attached hydrogens (tertiary/aromatic N) is 3. The second-order valence-electron chi connectivity index (χ2n) is 7.12. The van der Waals surface area contributed by atoms with Crippen molar-refractivity contribution in [1.82, 2.24) is 15.2 Å². The van der Waals surface area contributed by atoms with Gasteiger partial charge in [-0.15, -0.1) is 0 Å². The number of likely N-dealkylation sites (tertiary alicyclic amines) is 1. The summed E-state index contributed by atoms with van der Waals surface area (Å²) in [7, 11) is 1.69. The summed E-state index contributed by atoms with van der Waals surface area (Å²) in [4.78, 5) is 30.8. The number of pyridine rings is 1. The van der Waals surface area contributed by atoms with Crippen LogP contribution in [-0.2, 0) is 9.53 Å². The highest BCUT2D eigenvalue weighted by Gasteiger charge is 2.40. The van der Waals surface area contributed by atoms with Crippen LogP contribution in [0.15, 0.2) is 18.3 Å². The molecule has 0 radical (unpaired) electrons. The van der Waals surface area contributed by atoms with Gasteiger partial charge in [-0.25, -0.2) is 4.98 Å². The Hall–Kier alpha value is -2.50. The number of aliphatic hydroxyl groups excluding tert-OH is 1. The van der Waals surface area contributed by atoms with Crippen LogP contribution in [0, 0.1) is 17.2 Å². The number of ether oxygens (including phenoxy) is 1. The van der Waals surface area contributed by atoms with Gasteiger partial charge in [0.25, 0.3) is 5.91 Å². The number of aromatic nitrogens is 1. The van der Waals surface area contributed by atoms with Crippen LogP contribution >= 0.6 is 0 Å². The zero-order valence-electron chi connectivity index (χ0n) is 15.3. The summed E-state index contributed by atoms with van der Waals surface area (Å²) in [5.41, 5.74) is 0.549. The third kappa shape index (κ3) is 4.43. The Labute approximate surface area is 158 Å². The zero-order chi connectivity index (χ0) is 19.4. The zero-order valence-corrected chi connectivity index (χ0v) is 15.3. The minimum atomic E-state index is -0.759. The molecule has 2 fully saturated rings. The first-order valence-corrected chi connectivity index (χ1v) is 9.18. The van der Waals surface area contributed by atoms with Crippen molar-refractivity contribution < 1.29 is 19.4 Å². The Balaban J connectivity index is 1.55. The number of carbonyl (C=O) groups is 2. The molecule has 1 saturated heterocycles. The van der Waals surface area contributed by atoms with E-state index < -0.39 is 12.1 Å². The highest BCUT2D eigenvalue weighted by atomic mass is 16.5. The molecule has 1 saturated carbocycles. The predicted molar refractivity (Wildman–Crippen MR) is 95.5 cm³/mol. The van der Waals surface area contributed by atoms with Crippen molar-refractivity contribution >= 4 is 11.8 Å². The van der Waals surface area contributed by atoms with Crippen LogP contribution in [0.3, 0.4) is 0 Å². The molecule has 0 aromatic carbocycles. The van der Waals surface area contributed by atoms with Gasteiger partial charge < -0.3 is 20.1 Å². The maximum atomic E-state index is 12.7. The molecule has 8 heteroatoms. The number of nitrogens with one attached hydrogen (secondary N) is 1. The van der Waals surface area contributed by atoms with Crippen LogP contribution in [0.4, 0.5) is 0 Å². The lowest BCUT2D eigenvalue weighted by Gasteiger charge is -2.33. The standard InChI is InChI=1S/C19H24N4O4/c1-27-15-4-6-23(7-5-15)19(26)13-8-16(17(24)9-13)22-18(25)12-2-3-14(10-20)21-11-12/h2-3,11,13,15-17,24H,4-9H2,1H3,(H,22,25)/t13-,16-,17-/m0/s1. The second-order valence-corrected chi connectivity index (χ2v) is 7.12. The number of aliphatic hydroxyl groups is 1. The Bertz CT molecular complexity index is 722. The van der Waals surface area contributed by atoms with Crippen LogP contribution in [0.1, 0.15) is 41.7 Å². The average molecular weight is 372 g/mol. The van der Waals surface area contributed by atoms with Crippen LogP contribution < -0.4 is 5.32 Å². The number of piperidine rings is 1. The van der Waals surface area contributed by atoms with E-state index in [1.54, 1.807) is 7.11 Å². The normalized spacial score (nSPS) is 25.8. The molecule has 1 aromatic rings. The minimum Gasteiger partial charge on any atom is -0.391 e. The molecule has 1 aliphatic heterocycles. The fourth-order valence-electron chi connectivity index (χ4n) is 3.79. The number of hydrogen-bond donors (Lipinski definition) is 2. The maximum absolute atomic E-state index is 12.7. The molecule has 3 rings (SSSR count). The van der Waals surface area contributed by atoms with Crippen molar-refractivity contribution in [3.63, 3.8) is 0 Å². The lowest BCUT2D eigenvalue weighted by atomic mass is 10.0. The Kier molecular flexibility index (Phi) is 6.04. The first-order valence-electron chi connectivity index (χ1n) is 9.18. The molecule has 2 N–H and O–H groups in total. The third-order valence-corrected chi connectivity index (χ3v) is 5.42. The minimum absolute atomic E-state index is 0.0420. The van der Waals surface area contributed by atoms with Crippen LogP contribution in [-0.4, -0.2) is 65.3 Å². The van der Waals surface area contributed by atoms with Gasteiger partial charge in [0.15, 0.2) is 0 Å². The number of nitriles is 1. The summed E-state index contributed by atoms with van der Waals surface area (Å²) in [5, 5.41) is 21.8. The molecule has 0 spiro atoms. The fraction of sp³-hybridized carbons (Fsp3) is 0.579. The van der Waals surface area contributed by atoms with Crippen LogP contribution in [0.25, 0.3) is 0 Å². The first-order chi connectivity index (χ1) is 13.0. The van der Waals surface area contributed by atoms with Crippen LogP contribution in [0.5, 0.6) is 0 Å². The van der Waals surface area contributed by atoms with E-state index in [1.807, 2.05) is 11.0 Å². The molecule has 2 aliphatic rings. The van der Waals surface area contributed by atoms with Gasteiger partial charge in [-0.3, -0.25) is 9.59 Å². The molecule has 0 bridgehead atoms. The molecule has 1 aliphatic carbocycles. The summed E-state index contributed by atoms with van der Waals surface area (Å²) < 4.78 is 5.33. The van der Waals surface area contributed by atoms with Crippen molar-refractivity contribution in [3.8, 4) is 6.07 Å². The smallest absolute Gasteiger partial charge is 0.253 e. The van der Waals surface area contributed by atoms with E-state index in [0.29, 0.717) is 31.5 Å². The van der Waals surface area contributed by atoms with Gasteiger partial charge in [0, 0.05) is 32.3 Å². The van der Waals surface area contributed by atoms with Crippen LogP contribution in [0.2, 0.25) is 0 Å². The van der Waals surface area contributed by atoms with E-state index >= 15 is 0 Å². The van der Waals surface area contributed by atoms with E-state index in [4.69, 9.17) is 10.00 Å². The van der Waals surface area contributed by atoms with Gasteiger partial charge in [0.1, 0.15) is 11.8 Å². The summed E-state index contributed by atoms with van der Waals surface area (Å²) in [6.45, 7) is 1.33. The molecule has 3 atom stereocenters. The molecule has 27 heavy (non-hydrogen) atoms. The molecule has 2 heterocycles. The highest BCUT2D eigenvalue weighted by molar-refractivity contribution is 5.94. The van der Waals surface area contributed by atoms with Gasteiger partial charge in [0.2, 0.25) is 5.91 Å². The summed E-state index contributed by atoms with van der Waals surface area (Å²) in [5.74, 6) is -0.617. The largest absolute Gasteiger partial charge is 0.391 e. The first kappa shape index (κ1) is 19.3. The topological polar surface area (TPSA) is 116 Å². The highest BCUT2D eigenvalue weighted by Crippen LogP contribution is 2.29. The van der Waals surface area contributed by atoms with Gasteiger partial charge in [-0.05, 0) is 37.8 Å². The van der Waals surface area contributed by atoms with E-state index in [2.05, 4.69) is 10.3 Å². The molecular formula is C19H24N4O4. The van der Waals surface area contributed by atoms with Crippen molar-refractivity contribution in [3.05, 3.63) is 29.6 Å². The van der Waals surface area contributed by atoms with E-state index in [0.717, 1.165) is 12.8 Å². The quantitative estimate of drug-likeness (QED) is 0.793. The maximum Gasteiger partial charge on any atom is 0.253 e.